The molecule has 0 saturated heterocycles. The summed E-state index contributed by atoms with van der Waals surface area (Å²) in [6, 6.07) is 2.08. The first kappa shape index (κ1) is 8.91. The highest BCUT2D eigenvalue weighted by molar-refractivity contribution is 7.10. The predicted molar refractivity (Wildman–Crippen MR) is 56.5 cm³/mol. The molecule has 1 aliphatic rings. The highest BCUT2D eigenvalue weighted by Gasteiger charge is 2.19. The van der Waals surface area contributed by atoms with Gasteiger partial charge in [-0.3, -0.25) is 4.99 Å². The van der Waals surface area contributed by atoms with E-state index in [2.05, 4.69) is 15.4 Å². The van der Waals surface area contributed by atoms with E-state index in [1.54, 1.807) is 6.21 Å². The lowest BCUT2D eigenvalue weighted by molar-refractivity contribution is 0.822. The first-order chi connectivity index (χ1) is 6.83. The van der Waals surface area contributed by atoms with Crippen molar-refractivity contribution < 1.29 is 0 Å². The topological polar surface area (TPSA) is 75.1 Å². The Balaban J connectivity index is 2.37. The Morgan fingerprint density at radius 2 is 2.50 bits per heavy atom. The average Bonchev–Trinajstić information content (AvgIpc) is 2.61. The molecule has 0 bridgehead atoms. The van der Waals surface area contributed by atoms with Gasteiger partial charge >= 0.3 is 0 Å². The van der Waals surface area contributed by atoms with Crippen LogP contribution in [0.1, 0.15) is 17.2 Å². The summed E-state index contributed by atoms with van der Waals surface area (Å²) >= 11 is 1.17. The molecule has 14 heavy (non-hydrogen) atoms. The van der Waals surface area contributed by atoms with E-state index in [0.717, 1.165) is 5.69 Å². The number of aromatic nitrogens is 1. The molecule has 0 fully saturated rings. The predicted octanol–water partition coefficient (Wildman–Crippen LogP) is 1.32. The van der Waals surface area contributed by atoms with Crippen molar-refractivity contribution in [1.82, 2.24) is 4.37 Å². The standard InChI is InChI=1S/C9H8N4S/c10-4-7-8(13-14-9(7)11)6-2-1-3-12-5-6/h1-3,6H,5,11H2. The molecule has 2 heterocycles. The molecular formula is C9H8N4S. The van der Waals surface area contributed by atoms with Gasteiger partial charge in [0.25, 0.3) is 0 Å². The maximum atomic E-state index is 8.89. The summed E-state index contributed by atoms with van der Waals surface area (Å²) in [5.41, 5.74) is 6.88. The second-order valence-electron chi connectivity index (χ2n) is 2.92. The van der Waals surface area contributed by atoms with E-state index in [1.165, 1.54) is 11.5 Å². The summed E-state index contributed by atoms with van der Waals surface area (Å²) in [5, 5.41) is 9.38. The Hall–Kier alpha value is -1.67. The van der Waals surface area contributed by atoms with Crippen molar-refractivity contribution in [3.63, 3.8) is 0 Å². The molecule has 1 atom stereocenters. The summed E-state index contributed by atoms with van der Waals surface area (Å²) in [6.07, 6.45) is 5.60. The summed E-state index contributed by atoms with van der Waals surface area (Å²) in [5.74, 6) is 0.100. The van der Waals surface area contributed by atoms with Crippen LogP contribution in [0.3, 0.4) is 0 Å². The van der Waals surface area contributed by atoms with Crippen molar-refractivity contribution in [2.75, 3.05) is 12.3 Å². The van der Waals surface area contributed by atoms with E-state index < -0.39 is 0 Å². The largest absolute Gasteiger partial charge is 0.388 e. The minimum Gasteiger partial charge on any atom is -0.388 e. The first-order valence-electron chi connectivity index (χ1n) is 4.14. The molecule has 5 heteroatoms. The number of nitrogen functional groups attached to an aromatic ring is 1. The highest BCUT2D eigenvalue weighted by atomic mass is 32.1. The number of rotatable bonds is 1. The van der Waals surface area contributed by atoms with Gasteiger partial charge in [-0.1, -0.05) is 6.08 Å². The number of hydrogen-bond acceptors (Lipinski definition) is 5. The number of nitriles is 1. The third-order valence-corrected chi connectivity index (χ3v) is 2.73. The number of nitrogens with zero attached hydrogens (tertiary/aromatic N) is 3. The fourth-order valence-corrected chi connectivity index (χ4v) is 2.00. The van der Waals surface area contributed by atoms with Gasteiger partial charge in [0.05, 0.1) is 12.2 Å². The fraction of sp³-hybridized carbons (Fsp3) is 0.222. The van der Waals surface area contributed by atoms with Gasteiger partial charge in [-0.2, -0.15) is 9.64 Å². The van der Waals surface area contributed by atoms with E-state index in [0.29, 0.717) is 17.1 Å². The van der Waals surface area contributed by atoms with Gasteiger partial charge < -0.3 is 5.73 Å². The van der Waals surface area contributed by atoms with Crippen molar-refractivity contribution in [3.8, 4) is 6.07 Å². The van der Waals surface area contributed by atoms with Gasteiger partial charge in [0, 0.05) is 12.1 Å². The summed E-state index contributed by atoms with van der Waals surface area (Å²) in [6.45, 7) is 0.647. The third-order valence-electron chi connectivity index (χ3n) is 2.04. The van der Waals surface area contributed by atoms with E-state index in [9.17, 15) is 0 Å². The van der Waals surface area contributed by atoms with Crippen LogP contribution in [0.15, 0.2) is 17.1 Å². The maximum Gasteiger partial charge on any atom is 0.125 e. The van der Waals surface area contributed by atoms with Crippen molar-refractivity contribution in [1.29, 1.82) is 5.26 Å². The zero-order chi connectivity index (χ0) is 9.97. The molecule has 0 aliphatic carbocycles. The maximum absolute atomic E-state index is 8.89. The Labute approximate surface area is 85.6 Å². The highest BCUT2D eigenvalue weighted by Crippen LogP contribution is 2.28. The van der Waals surface area contributed by atoms with Crippen molar-refractivity contribution in [2.45, 2.75) is 5.92 Å². The van der Waals surface area contributed by atoms with Crippen LogP contribution in [-0.4, -0.2) is 17.1 Å². The van der Waals surface area contributed by atoms with E-state index in [-0.39, 0.29) is 5.92 Å². The minimum atomic E-state index is 0.100. The molecule has 1 unspecified atom stereocenters. The molecule has 0 aromatic carbocycles. The lowest BCUT2D eigenvalue weighted by Crippen LogP contribution is -2.05. The number of anilines is 1. The van der Waals surface area contributed by atoms with E-state index in [1.807, 2.05) is 12.2 Å². The minimum absolute atomic E-state index is 0.100. The van der Waals surface area contributed by atoms with Crippen molar-refractivity contribution in [2.24, 2.45) is 4.99 Å². The second-order valence-corrected chi connectivity index (χ2v) is 3.73. The van der Waals surface area contributed by atoms with Crippen LogP contribution in [0, 0.1) is 11.3 Å². The molecule has 0 spiro atoms. The van der Waals surface area contributed by atoms with Crippen molar-refractivity contribution in [3.05, 3.63) is 23.4 Å². The normalized spacial score (nSPS) is 19.5. The summed E-state index contributed by atoms with van der Waals surface area (Å²) in [4.78, 5) is 4.12. The average molecular weight is 204 g/mol. The van der Waals surface area contributed by atoms with Gasteiger partial charge in [0.2, 0.25) is 0 Å². The Bertz CT molecular complexity index is 438. The molecule has 70 valence electrons. The van der Waals surface area contributed by atoms with Crippen LogP contribution in [0.4, 0.5) is 5.00 Å². The lowest BCUT2D eigenvalue weighted by Gasteiger charge is -2.09. The molecule has 0 amide bonds. The van der Waals surface area contributed by atoms with Gasteiger partial charge in [0.15, 0.2) is 0 Å². The molecule has 1 aromatic heterocycles. The van der Waals surface area contributed by atoms with Crippen molar-refractivity contribution >= 4 is 22.7 Å². The molecule has 1 aliphatic heterocycles. The van der Waals surface area contributed by atoms with E-state index >= 15 is 0 Å². The number of hydrogen-bond donors (Lipinski definition) is 1. The quantitative estimate of drug-likeness (QED) is 0.749. The molecule has 1 aromatic rings. The van der Waals surface area contributed by atoms with Crippen LogP contribution < -0.4 is 5.73 Å². The van der Waals surface area contributed by atoms with E-state index in [4.69, 9.17) is 11.0 Å². The zero-order valence-corrected chi connectivity index (χ0v) is 8.16. The Morgan fingerprint density at radius 1 is 1.64 bits per heavy atom. The van der Waals surface area contributed by atoms with Crippen LogP contribution in [0.2, 0.25) is 0 Å². The summed E-state index contributed by atoms with van der Waals surface area (Å²) < 4.78 is 4.18. The third kappa shape index (κ3) is 1.40. The SMILES string of the molecule is N#Cc1c(C2C=CC=NC2)nsc1N. The molecule has 2 N–H and O–H groups in total. The molecule has 4 nitrogen and oxygen atoms in total. The van der Waals surface area contributed by atoms with Crippen LogP contribution in [0.5, 0.6) is 0 Å². The second kappa shape index (κ2) is 3.60. The monoisotopic (exact) mass is 204 g/mol. The smallest absolute Gasteiger partial charge is 0.125 e. The van der Waals surface area contributed by atoms with Gasteiger partial charge in [-0.15, -0.1) is 0 Å². The molecule has 0 saturated carbocycles. The molecular weight excluding hydrogens is 196 g/mol. The number of nitrogens with two attached hydrogens (primary N) is 1. The first-order valence-corrected chi connectivity index (χ1v) is 4.92. The van der Waals surface area contributed by atoms with Crippen LogP contribution >= 0.6 is 11.5 Å². The zero-order valence-electron chi connectivity index (χ0n) is 7.34. The van der Waals surface area contributed by atoms with Gasteiger partial charge in [-0.05, 0) is 17.6 Å². The van der Waals surface area contributed by atoms with Crippen LogP contribution in [-0.2, 0) is 0 Å². The molecule has 2 rings (SSSR count). The van der Waals surface area contributed by atoms with Crippen LogP contribution in [0.25, 0.3) is 0 Å². The number of aliphatic imine (C=N–C) groups is 1. The fourth-order valence-electron chi connectivity index (χ4n) is 1.34. The Morgan fingerprint density at radius 3 is 3.14 bits per heavy atom. The van der Waals surface area contributed by atoms with Gasteiger partial charge in [-0.25, -0.2) is 0 Å². The Kier molecular flexibility index (Phi) is 2.29. The molecule has 0 radical (unpaired) electrons. The lowest BCUT2D eigenvalue weighted by atomic mass is 10.0. The number of dihydropyridines is 1. The number of allylic oxidation sites excluding steroid dienone is 1. The summed E-state index contributed by atoms with van der Waals surface area (Å²) in [7, 11) is 0. The van der Waals surface area contributed by atoms with Gasteiger partial charge in [0.1, 0.15) is 16.6 Å².